The van der Waals surface area contributed by atoms with E-state index < -0.39 is 23.4 Å². The Morgan fingerprint density at radius 3 is 2.43 bits per heavy atom. The summed E-state index contributed by atoms with van der Waals surface area (Å²) in [7, 11) is 1.33. The number of carboxylic acids is 1. The minimum Gasteiger partial charge on any atom is -0.478 e. The van der Waals surface area contributed by atoms with Crippen molar-refractivity contribution in [1.29, 1.82) is 0 Å². The van der Waals surface area contributed by atoms with Gasteiger partial charge in [0.1, 0.15) is 5.56 Å². The highest BCUT2D eigenvalue weighted by Gasteiger charge is 2.53. The number of aromatic nitrogens is 2. The zero-order valence-electron chi connectivity index (χ0n) is 15.7. The van der Waals surface area contributed by atoms with Crippen molar-refractivity contribution >= 4 is 5.97 Å². The molecule has 1 aromatic heterocycles. The van der Waals surface area contributed by atoms with E-state index in [0.717, 1.165) is 25.2 Å². The van der Waals surface area contributed by atoms with Crippen molar-refractivity contribution in [3.8, 4) is 0 Å². The number of aromatic carboxylic acids is 1. The molecule has 4 saturated carbocycles. The lowest BCUT2D eigenvalue weighted by atomic mass is 9.52. The Labute approximate surface area is 160 Å². The second-order valence-electron chi connectivity index (χ2n) is 8.20. The van der Waals surface area contributed by atoms with Gasteiger partial charge < -0.3 is 20.7 Å². The van der Waals surface area contributed by atoms with Gasteiger partial charge in [-0.05, 0) is 49.9 Å². The molecule has 0 amide bonds. The van der Waals surface area contributed by atoms with Crippen LogP contribution in [0.2, 0.25) is 0 Å². The van der Waals surface area contributed by atoms with Crippen molar-refractivity contribution in [2.24, 2.45) is 23.5 Å². The second-order valence-corrected chi connectivity index (χ2v) is 8.20. The summed E-state index contributed by atoms with van der Waals surface area (Å²) in [5, 5.41) is 22.1. The Kier molecular flexibility index (Phi) is 5.75. The van der Waals surface area contributed by atoms with Gasteiger partial charge >= 0.3 is 12.1 Å². The average molecular weight is 405 g/mol. The Morgan fingerprint density at radius 2 is 1.96 bits per heavy atom. The summed E-state index contributed by atoms with van der Waals surface area (Å²) < 4.78 is 42.9. The zero-order chi connectivity index (χ0) is 20.7. The van der Waals surface area contributed by atoms with E-state index in [1.165, 1.54) is 20.0 Å². The summed E-state index contributed by atoms with van der Waals surface area (Å²) in [6.07, 6.45) is 1.55. The van der Waals surface area contributed by atoms with Crippen LogP contribution in [0.4, 0.5) is 13.2 Å². The molecule has 4 fully saturated rings. The van der Waals surface area contributed by atoms with Crippen molar-refractivity contribution in [3.05, 3.63) is 17.5 Å². The summed E-state index contributed by atoms with van der Waals surface area (Å²) >= 11 is 0. The van der Waals surface area contributed by atoms with Gasteiger partial charge in [-0.1, -0.05) is 0 Å². The molecular formula is C18H26F3N3O4. The third kappa shape index (κ3) is 4.18. The van der Waals surface area contributed by atoms with Crippen molar-refractivity contribution in [1.82, 2.24) is 9.78 Å². The standard InChI is InChI=1S/C10H17NO.C8H9F3N2O3/c11-9-7-1-6-2-8(9)5-10(12,3-6)4-7;1-16-3-2-13-6(8(9,10)11)5(4-12-13)7(14)15/h6-9,12H,1-5,11H2;4H,2-3H2,1H3,(H,14,15). The fraction of sp³-hybridized carbons (Fsp3) is 0.778. The molecule has 4 aliphatic rings. The van der Waals surface area contributed by atoms with Gasteiger partial charge in [0.2, 0.25) is 0 Å². The molecule has 28 heavy (non-hydrogen) atoms. The summed E-state index contributed by atoms with van der Waals surface area (Å²) in [5.41, 5.74) is 3.69. The van der Waals surface area contributed by atoms with Crippen LogP contribution in [0.25, 0.3) is 0 Å². The highest BCUT2D eigenvalue weighted by Crippen LogP contribution is 2.54. The van der Waals surface area contributed by atoms with Crippen molar-refractivity contribution in [3.63, 3.8) is 0 Å². The number of nitrogens with zero attached hydrogens (tertiary/aromatic N) is 2. The molecule has 5 rings (SSSR count). The number of carbonyl (C=O) groups is 1. The second kappa shape index (κ2) is 7.64. The van der Waals surface area contributed by atoms with E-state index in [9.17, 15) is 23.1 Å². The highest BCUT2D eigenvalue weighted by molar-refractivity contribution is 5.88. The normalized spacial score (nSPS) is 33.5. The molecule has 158 valence electrons. The van der Waals surface area contributed by atoms with Gasteiger partial charge in [0.25, 0.3) is 0 Å². The topological polar surface area (TPSA) is 111 Å². The fourth-order valence-corrected chi connectivity index (χ4v) is 5.21. The molecule has 0 aliphatic heterocycles. The van der Waals surface area contributed by atoms with E-state index in [0.29, 0.717) is 28.8 Å². The van der Waals surface area contributed by atoms with Gasteiger partial charge in [-0.15, -0.1) is 0 Å². The van der Waals surface area contributed by atoms with Crippen LogP contribution in [-0.4, -0.2) is 51.3 Å². The summed E-state index contributed by atoms with van der Waals surface area (Å²) in [6, 6.07) is 0.404. The lowest BCUT2D eigenvalue weighted by Crippen LogP contribution is -2.59. The molecule has 0 radical (unpaired) electrons. The number of ether oxygens (including phenoxy) is 1. The van der Waals surface area contributed by atoms with E-state index in [1.54, 1.807) is 0 Å². The highest BCUT2D eigenvalue weighted by atomic mass is 19.4. The van der Waals surface area contributed by atoms with E-state index in [1.807, 2.05) is 0 Å². The van der Waals surface area contributed by atoms with Crippen LogP contribution in [-0.2, 0) is 17.5 Å². The number of methoxy groups -OCH3 is 1. The van der Waals surface area contributed by atoms with Crippen molar-refractivity contribution in [2.75, 3.05) is 13.7 Å². The molecule has 2 unspecified atom stereocenters. The van der Waals surface area contributed by atoms with Gasteiger partial charge in [-0.2, -0.15) is 18.3 Å². The molecule has 7 nitrogen and oxygen atoms in total. The number of hydrogen-bond donors (Lipinski definition) is 3. The maximum Gasteiger partial charge on any atom is 0.433 e. The van der Waals surface area contributed by atoms with Crippen LogP contribution < -0.4 is 5.73 Å². The number of alkyl halides is 3. The quantitative estimate of drug-likeness (QED) is 0.708. The summed E-state index contributed by atoms with van der Waals surface area (Å²) in [6.45, 7) is -0.136. The number of hydrogen-bond acceptors (Lipinski definition) is 5. The maximum absolute atomic E-state index is 12.6. The van der Waals surface area contributed by atoms with Crippen LogP contribution in [0.15, 0.2) is 6.20 Å². The van der Waals surface area contributed by atoms with Crippen LogP contribution in [0.3, 0.4) is 0 Å². The van der Waals surface area contributed by atoms with Gasteiger partial charge in [-0.3, -0.25) is 4.68 Å². The van der Waals surface area contributed by atoms with Gasteiger partial charge in [-0.25, -0.2) is 4.79 Å². The van der Waals surface area contributed by atoms with E-state index in [2.05, 4.69) is 9.84 Å². The number of aliphatic hydroxyl groups is 1. The maximum atomic E-state index is 12.6. The van der Waals surface area contributed by atoms with Gasteiger partial charge in [0.15, 0.2) is 5.69 Å². The smallest absolute Gasteiger partial charge is 0.433 e. The first-order valence-corrected chi connectivity index (χ1v) is 9.37. The minimum atomic E-state index is -4.75. The molecule has 4 N–H and O–H groups in total. The molecule has 10 heteroatoms. The average Bonchev–Trinajstić information content (AvgIpc) is 3.01. The molecule has 1 heterocycles. The first-order chi connectivity index (χ1) is 13.0. The molecule has 0 saturated heterocycles. The van der Waals surface area contributed by atoms with Crippen LogP contribution >= 0.6 is 0 Å². The first kappa shape index (κ1) is 21.1. The lowest BCUT2D eigenvalue weighted by molar-refractivity contribution is -0.145. The molecule has 4 bridgehead atoms. The number of carboxylic acid groups (broad SMARTS) is 1. The minimum absolute atomic E-state index is 0.0177. The lowest BCUT2D eigenvalue weighted by Gasteiger charge is -2.57. The summed E-state index contributed by atoms with van der Waals surface area (Å²) in [5.74, 6) is 0.422. The molecule has 1 aromatic rings. The Hall–Kier alpha value is -1.65. The largest absolute Gasteiger partial charge is 0.478 e. The van der Waals surface area contributed by atoms with E-state index in [-0.39, 0.29) is 18.8 Å². The molecule has 2 atom stereocenters. The van der Waals surface area contributed by atoms with E-state index in [4.69, 9.17) is 10.8 Å². The Bertz CT molecular complexity index is 705. The van der Waals surface area contributed by atoms with Crippen LogP contribution in [0.1, 0.15) is 48.2 Å². The number of nitrogens with two attached hydrogens (primary N) is 1. The SMILES string of the molecule is COCCn1ncc(C(=O)O)c1C(F)(F)F.NC1C2CC3CC1CC(O)(C3)C2. The van der Waals surface area contributed by atoms with Crippen molar-refractivity contribution < 1.29 is 32.9 Å². The summed E-state index contributed by atoms with van der Waals surface area (Å²) in [4.78, 5) is 10.6. The van der Waals surface area contributed by atoms with Gasteiger partial charge in [0, 0.05) is 13.2 Å². The molecule has 4 aliphatic carbocycles. The van der Waals surface area contributed by atoms with Crippen molar-refractivity contribution in [2.45, 2.75) is 56.5 Å². The van der Waals surface area contributed by atoms with E-state index >= 15 is 0 Å². The fourth-order valence-electron chi connectivity index (χ4n) is 5.21. The molecule has 0 spiro atoms. The predicted octanol–water partition coefficient (Wildman–Crippen LogP) is 2.13. The third-order valence-electron chi connectivity index (χ3n) is 6.16. The number of rotatable bonds is 4. The van der Waals surface area contributed by atoms with Crippen LogP contribution in [0.5, 0.6) is 0 Å². The number of halogens is 3. The predicted molar refractivity (Wildman–Crippen MR) is 92.5 cm³/mol. The van der Waals surface area contributed by atoms with Crippen LogP contribution in [0, 0.1) is 17.8 Å². The molecule has 0 aromatic carbocycles. The Balaban J connectivity index is 0.000000166. The first-order valence-electron chi connectivity index (χ1n) is 9.37. The molecular weight excluding hydrogens is 379 g/mol. The zero-order valence-corrected chi connectivity index (χ0v) is 15.7. The Morgan fingerprint density at radius 1 is 1.36 bits per heavy atom. The van der Waals surface area contributed by atoms with Gasteiger partial charge in [0.05, 0.1) is 24.9 Å². The third-order valence-corrected chi connectivity index (χ3v) is 6.16. The monoisotopic (exact) mass is 405 g/mol.